The highest BCUT2D eigenvalue weighted by Crippen LogP contribution is 2.34. The Balaban J connectivity index is 1.74. The number of rotatable bonds is 8. The van der Waals surface area contributed by atoms with Gasteiger partial charge in [0.15, 0.2) is 5.75 Å². The highest BCUT2D eigenvalue weighted by Gasteiger charge is 2.14. The molecular weight excluding hydrogens is 396 g/mol. The van der Waals surface area contributed by atoms with E-state index in [1.165, 1.54) is 36.8 Å². The van der Waals surface area contributed by atoms with Crippen LogP contribution < -0.4 is 19.6 Å². The lowest BCUT2D eigenvalue weighted by Crippen LogP contribution is -1.96. The summed E-state index contributed by atoms with van der Waals surface area (Å²) in [5.41, 5.74) is 4.81. The van der Waals surface area contributed by atoms with Crippen LogP contribution in [0.1, 0.15) is 5.56 Å². The van der Waals surface area contributed by atoms with Gasteiger partial charge in [0.2, 0.25) is 5.13 Å². The second kappa shape index (κ2) is 9.02. The summed E-state index contributed by atoms with van der Waals surface area (Å²) in [5.74, 6) is 1.53. The monoisotopic (exact) mass is 414 g/mol. The highest BCUT2D eigenvalue weighted by atomic mass is 32.1. The van der Waals surface area contributed by atoms with Gasteiger partial charge in [-0.3, -0.25) is 15.5 Å². The van der Waals surface area contributed by atoms with Crippen molar-refractivity contribution in [3.63, 3.8) is 0 Å². The Labute approximate surface area is 170 Å². The maximum Gasteiger partial charge on any atom is 0.311 e. The van der Waals surface area contributed by atoms with Crippen LogP contribution in [0.3, 0.4) is 0 Å². The smallest absolute Gasteiger partial charge is 0.311 e. The van der Waals surface area contributed by atoms with Crippen molar-refractivity contribution in [2.45, 2.75) is 0 Å². The van der Waals surface area contributed by atoms with E-state index < -0.39 is 4.92 Å². The van der Waals surface area contributed by atoms with Gasteiger partial charge in [-0.15, -0.1) is 11.3 Å². The molecule has 3 rings (SSSR count). The van der Waals surface area contributed by atoms with Gasteiger partial charge in [-0.05, 0) is 24.3 Å². The molecule has 0 aliphatic carbocycles. The third-order valence-corrected chi connectivity index (χ3v) is 4.71. The Kier molecular flexibility index (Phi) is 6.25. The molecule has 0 atom stereocenters. The lowest BCUT2D eigenvalue weighted by molar-refractivity contribution is -0.385. The fourth-order valence-corrected chi connectivity index (χ4v) is 3.21. The first-order valence-corrected chi connectivity index (χ1v) is 9.23. The number of aromatic nitrogens is 1. The number of nitro groups is 1. The molecule has 0 saturated carbocycles. The van der Waals surface area contributed by atoms with E-state index in [4.69, 9.17) is 14.2 Å². The van der Waals surface area contributed by atoms with E-state index in [-0.39, 0.29) is 11.4 Å². The zero-order valence-electron chi connectivity index (χ0n) is 15.9. The summed E-state index contributed by atoms with van der Waals surface area (Å²) in [6.45, 7) is 0. The average molecular weight is 414 g/mol. The van der Waals surface area contributed by atoms with Crippen molar-refractivity contribution in [2.24, 2.45) is 5.10 Å². The lowest BCUT2D eigenvalue weighted by Gasteiger charge is -2.08. The topological polar surface area (TPSA) is 108 Å². The van der Waals surface area contributed by atoms with Crippen LogP contribution >= 0.6 is 11.3 Å². The SMILES string of the molecule is COc1ccc(-c2csc(N/N=C\c3ccc(OC)c([N+](=O)[O-])c3)n2)c(OC)c1. The molecule has 0 saturated heterocycles. The third kappa shape index (κ3) is 4.61. The molecule has 2 aromatic carbocycles. The van der Waals surface area contributed by atoms with Crippen LogP contribution in [0.25, 0.3) is 11.3 Å². The predicted octanol–water partition coefficient (Wildman–Crippen LogP) is 4.19. The standard InChI is InChI=1S/C19H18N4O5S/c1-26-13-5-6-14(18(9-13)28-3)15-11-29-19(21-15)22-20-10-12-4-7-17(27-2)16(8-12)23(24)25/h4-11H,1-3H3,(H,21,22)/b20-10-. The Morgan fingerprint density at radius 3 is 2.59 bits per heavy atom. The molecule has 0 bridgehead atoms. The number of nitrogens with zero attached hydrogens (tertiary/aromatic N) is 3. The van der Waals surface area contributed by atoms with Gasteiger partial charge in [-0.2, -0.15) is 5.10 Å². The minimum Gasteiger partial charge on any atom is -0.497 e. The van der Waals surface area contributed by atoms with Crippen LogP contribution in [0.2, 0.25) is 0 Å². The zero-order chi connectivity index (χ0) is 20.8. The van der Waals surface area contributed by atoms with E-state index in [0.29, 0.717) is 22.2 Å². The summed E-state index contributed by atoms with van der Waals surface area (Å²) in [5, 5.41) is 17.6. The van der Waals surface area contributed by atoms with Gasteiger partial charge < -0.3 is 14.2 Å². The summed E-state index contributed by atoms with van der Waals surface area (Å²) in [6, 6.07) is 10.1. The minimum atomic E-state index is -0.501. The number of nitro benzene ring substituents is 1. The summed E-state index contributed by atoms with van der Waals surface area (Å²) >= 11 is 1.37. The van der Waals surface area contributed by atoms with Crippen molar-refractivity contribution in [1.82, 2.24) is 4.98 Å². The van der Waals surface area contributed by atoms with Crippen LogP contribution in [-0.4, -0.2) is 37.5 Å². The molecule has 0 fully saturated rings. The Morgan fingerprint density at radius 1 is 1.10 bits per heavy atom. The average Bonchev–Trinajstić information content (AvgIpc) is 3.21. The first-order valence-electron chi connectivity index (χ1n) is 8.35. The molecule has 3 aromatic rings. The van der Waals surface area contributed by atoms with Crippen LogP contribution in [-0.2, 0) is 0 Å². The molecule has 10 heteroatoms. The highest BCUT2D eigenvalue weighted by molar-refractivity contribution is 7.14. The lowest BCUT2D eigenvalue weighted by atomic mass is 10.1. The van der Waals surface area contributed by atoms with Crippen molar-refractivity contribution >= 4 is 28.4 Å². The van der Waals surface area contributed by atoms with Crippen molar-refractivity contribution in [1.29, 1.82) is 0 Å². The molecule has 9 nitrogen and oxygen atoms in total. The predicted molar refractivity (Wildman–Crippen MR) is 112 cm³/mol. The second-order valence-corrected chi connectivity index (χ2v) is 6.52. The van der Waals surface area contributed by atoms with Crippen LogP contribution in [0.15, 0.2) is 46.9 Å². The molecule has 0 amide bonds. The van der Waals surface area contributed by atoms with Crippen LogP contribution in [0.4, 0.5) is 10.8 Å². The summed E-state index contributed by atoms with van der Waals surface area (Å²) in [7, 11) is 4.56. The number of methoxy groups -OCH3 is 3. The molecule has 0 radical (unpaired) electrons. The van der Waals surface area contributed by atoms with E-state index in [2.05, 4.69) is 15.5 Å². The molecule has 1 N–H and O–H groups in total. The van der Waals surface area contributed by atoms with E-state index in [1.54, 1.807) is 26.4 Å². The normalized spacial score (nSPS) is 10.7. The molecule has 29 heavy (non-hydrogen) atoms. The second-order valence-electron chi connectivity index (χ2n) is 5.66. The summed E-state index contributed by atoms with van der Waals surface area (Å²) in [4.78, 5) is 15.1. The zero-order valence-corrected chi connectivity index (χ0v) is 16.7. The Hall–Kier alpha value is -3.66. The molecule has 0 aliphatic rings. The molecule has 1 heterocycles. The summed E-state index contributed by atoms with van der Waals surface area (Å²) < 4.78 is 15.6. The maximum absolute atomic E-state index is 11.1. The number of anilines is 1. The van der Waals surface area contributed by atoms with Gasteiger partial charge in [0.05, 0.1) is 38.2 Å². The van der Waals surface area contributed by atoms with Crippen LogP contribution in [0.5, 0.6) is 17.2 Å². The molecule has 150 valence electrons. The van der Waals surface area contributed by atoms with Crippen molar-refractivity contribution < 1.29 is 19.1 Å². The fraction of sp³-hybridized carbons (Fsp3) is 0.158. The van der Waals surface area contributed by atoms with E-state index in [0.717, 1.165) is 11.3 Å². The Bertz CT molecular complexity index is 1050. The van der Waals surface area contributed by atoms with E-state index >= 15 is 0 Å². The van der Waals surface area contributed by atoms with Gasteiger partial charge in [-0.1, -0.05) is 0 Å². The fourth-order valence-electron chi connectivity index (χ4n) is 2.55. The molecular formula is C19H18N4O5S. The largest absolute Gasteiger partial charge is 0.497 e. The number of hydrogen-bond acceptors (Lipinski definition) is 9. The minimum absolute atomic E-state index is 0.125. The number of hydrazone groups is 1. The van der Waals surface area contributed by atoms with Crippen molar-refractivity contribution in [3.8, 4) is 28.5 Å². The number of hydrogen-bond donors (Lipinski definition) is 1. The number of ether oxygens (including phenoxy) is 3. The van der Waals surface area contributed by atoms with Gasteiger partial charge in [0.1, 0.15) is 11.5 Å². The van der Waals surface area contributed by atoms with E-state index in [9.17, 15) is 10.1 Å². The quantitative estimate of drug-likeness (QED) is 0.334. The molecule has 1 aromatic heterocycles. The third-order valence-electron chi connectivity index (χ3n) is 3.96. The number of benzene rings is 2. The maximum atomic E-state index is 11.1. The van der Waals surface area contributed by atoms with E-state index in [1.807, 2.05) is 17.5 Å². The summed E-state index contributed by atoms with van der Waals surface area (Å²) in [6.07, 6.45) is 1.47. The van der Waals surface area contributed by atoms with Crippen molar-refractivity contribution in [2.75, 3.05) is 26.8 Å². The first kappa shape index (κ1) is 20.1. The first-order chi connectivity index (χ1) is 14.0. The molecule has 0 unspecified atom stereocenters. The van der Waals surface area contributed by atoms with Gasteiger partial charge in [0.25, 0.3) is 0 Å². The van der Waals surface area contributed by atoms with Gasteiger partial charge in [0, 0.05) is 28.6 Å². The molecule has 0 spiro atoms. The number of thiazole rings is 1. The Morgan fingerprint density at radius 2 is 1.90 bits per heavy atom. The van der Waals surface area contributed by atoms with Crippen LogP contribution in [0, 0.1) is 10.1 Å². The van der Waals surface area contributed by atoms with Gasteiger partial charge in [-0.25, -0.2) is 4.98 Å². The molecule has 0 aliphatic heterocycles. The number of nitrogens with one attached hydrogen (secondary N) is 1. The van der Waals surface area contributed by atoms with Gasteiger partial charge >= 0.3 is 5.69 Å². The van der Waals surface area contributed by atoms with Crippen molar-refractivity contribution in [3.05, 3.63) is 57.5 Å².